The maximum absolute atomic E-state index is 5.09. The molecule has 0 fully saturated rings. The number of rotatable bonds is 6. The summed E-state index contributed by atoms with van der Waals surface area (Å²) in [6.45, 7) is 3.77. The molecule has 74 valence electrons. The summed E-state index contributed by atoms with van der Waals surface area (Å²) in [7, 11) is 1.64. The zero-order valence-electron chi connectivity index (χ0n) is 7.96. The second-order valence-corrected chi connectivity index (χ2v) is 2.68. The highest BCUT2D eigenvalue weighted by Crippen LogP contribution is 2.00. The van der Waals surface area contributed by atoms with Gasteiger partial charge in [0, 0.05) is 24.9 Å². The van der Waals surface area contributed by atoms with Gasteiger partial charge < -0.3 is 4.74 Å². The van der Waals surface area contributed by atoms with Crippen LogP contribution in [0, 0.1) is 6.92 Å². The highest BCUT2D eigenvalue weighted by Gasteiger charge is 1.98. The molecule has 1 rings (SSSR count). The van der Waals surface area contributed by atoms with Crippen LogP contribution in [0.3, 0.4) is 0 Å². The maximum atomic E-state index is 5.09. The van der Waals surface area contributed by atoms with Crippen molar-refractivity contribution in [2.24, 2.45) is 0 Å². The zero-order chi connectivity index (χ0) is 9.52. The summed E-state index contributed by atoms with van der Waals surface area (Å²) < 4.78 is 4.82. The lowest BCUT2D eigenvalue weighted by atomic mass is 10.3. The van der Waals surface area contributed by atoms with Crippen LogP contribution in [0.4, 0.5) is 0 Å². The Kier molecular flexibility index (Phi) is 4.45. The second kappa shape index (κ2) is 5.69. The number of nitrogens with zero attached hydrogens (tertiary/aromatic N) is 1. The van der Waals surface area contributed by atoms with Crippen molar-refractivity contribution >= 4 is 0 Å². The van der Waals surface area contributed by atoms with Crippen LogP contribution in [0.25, 0.3) is 0 Å². The molecule has 5 heteroatoms. The highest BCUT2D eigenvalue weighted by molar-refractivity contribution is 5.13. The van der Waals surface area contributed by atoms with E-state index >= 15 is 0 Å². The molecule has 2 N–H and O–H groups in total. The van der Waals surface area contributed by atoms with Gasteiger partial charge in [-0.1, -0.05) is 0 Å². The van der Waals surface area contributed by atoms with E-state index in [-0.39, 0.29) is 0 Å². The standard InChI is InChI=1S/C8H15N3O2/c1-7-8(5-9-11-7)6-10-13-4-3-12-2/h5,10H,3-4,6H2,1-2H3,(H,9,11). The molecular weight excluding hydrogens is 170 g/mol. The van der Waals surface area contributed by atoms with Gasteiger partial charge in [-0.25, -0.2) is 0 Å². The molecule has 0 aromatic carbocycles. The lowest BCUT2D eigenvalue weighted by molar-refractivity contribution is 0.00340. The molecule has 0 aliphatic carbocycles. The SMILES string of the molecule is COCCONCc1cn[nH]c1C. The molecule has 5 nitrogen and oxygen atoms in total. The number of methoxy groups -OCH3 is 1. The Hall–Kier alpha value is -0.910. The number of ether oxygens (including phenoxy) is 1. The topological polar surface area (TPSA) is 59.2 Å². The average Bonchev–Trinajstić information content (AvgIpc) is 2.52. The van der Waals surface area contributed by atoms with Gasteiger partial charge >= 0.3 is 0 Å². The fourth-order valence-corrected chi connectivity index (χ4v) is 0.880. The Morgan fingerprint density at radius 1 is 1.54 bits per heavy atom. The van der Waals surface area contributed by atoms with Gasteiger partial charge in [0.15, 0.2) is 0 Å². The molecule has 0 aliphatic rings. The number of nitrogens with one attached hydrogen (secondary N) is 2. The van der Waals surface area contributed by atoms with E-state index in [9.17, 15) is 0 Å². The first-order valence-corrected chi connectivity index (χ1v) is 4.17. The quantitative estimate of drug-likeness (QED) is 0.497. The van der Waals surface area contributed by atoms with E-state index in [1.807, 2.05) is 6.92 Å². The molecule has 0 atom stereocenters. The van der Waals surface area contributed by atoms with Crippen molar-refractivity contribution in [1.82, 2.24) is 15.7 Å². The predicted octanol–water partition coefficient (Wildman–Crippen LogP) is 0.386. The van der Waals surface area contributed by atoms with Gasteiger partial charge in [0.1, 0.15) is 0 Å². The van der Waals surface area contributed by atoms with Gasteiger partial charge in [-0.3, -0.25) is 9.94 Å². The Balaban J connectivity index is 2.10. The summed E-state index contributed by atoms with van der Waals surface area (Å²) >= 11 is 0. The molecule has 1 aromatic rings. The van der Waals surface area contributed by atoms with E-state index < -0.39 is 0 Å². The van der Waals surface area contributed by atoms with Crippen molar-refractivity contribution in [2.75, 3.05) is 20.3 Å². The third kappa shape index (κ3) is 3.54. The number of aromatic nitrogens is 2. The van der Waals surface area contributed by atoms with Gasteiger partial charge in [-0.15, -0.1) is 0 Å². The van der Waals surface area contributed by atoms with Gasteiger partial charge in [0.25, 0.3) is 0 Å². The number of H-pyrrole nitrogens is 1. The molecule has 0 amide bonds. The van der Waals surface area contributed by atoms with Gasteiger partial charge in [0.2, 0.25) is 0 Å². The molecule has 13 heavy (non-hydrogen) atoms. The van der Waals surface area contributed by atoms with E-state index in [4.69, 9.17) is 9.57 Å². The predicted molar refractivity (Wildman–Crippen MR) is 48.0 cm³/mol. The minimum absolute atomic E-state index is 0.549. The monoisotopic (exact) mass is 185 g/mol. The average molecular weight is 185 g/mol. The fraction of sp³-hybridized carbons (Fsp3) is 0.625. The fourth-order valence-electron chi connectivity index (χ4n) is 0.880. The van der Waals surface area contributed by atoms with Crippen LogP contribution in [-0.4, -0.2) is 30.5 Å². The number of hydroxylamine groups is 1. The normalized spacial score (nSPS) is 10.6. The molecule has 1 heterocycles. The lowest BCUT2D eigenvalue weighted by Gasteiger charge is -2.03. The Morgan fingerprint density at radius 2 is 2.38 bits per heavy atom. The molecular formula is C8H15N3O2. The van der Waals surface area contributed by atoms with Gasteiger partial charge in [-0.05, 0) is 6.92 Å². The zero-order valence-corrected chi connectivity index (χ0v) is 7.96. The molecule has 0 saturated heterocycles. The summed E-state index contributed by atoms with van der Waals surface area (Å²) in [5, 5.41) is 6.74. The summed E-state index contributed by atoms with van der Waals surface area (Å²) in [6.07, 6.45) is 1.78. The first kappa shape index (κ1) is 10.2. The third-order valence-electron chi connectivity index (χ3n) is 1.69. The number of hydrogen-bond acceptors (Lipinski definition) is 4. The molecule has 0 unspecified atom stereocenters. The van der Waals surface area contributed by atoms with E-state index in [0.29, 0.717) is 19.8 Å². The van der Waals surface area contributed by atoms with Crippen LogP contribution in [-0.2, 0) is 16.1 Å². The van der Waals surface area contributed by atoms with Crippen molar-refractivity contribution in [3.8, 4) is 0 Å². The summed E-state index contributed by atoms with van der Waals surface area (Å²) in [6, 6.07) is 0. The van der Waals surface area contributed by atoms with Crippen LogP contribution in [0.2, 0.25) is 0 Å². The van der Waals surface area contributed by atoms with Gasteiger partial charge in [-0.2, -0.15) is 10.6 Å². The van der Waals surface area contributed by atoms with E-state index in [2.05, 4.69) is 15.7 Å². The van der Waals surface area contributed by atoms with E-state index in [1.165, 1.54) is 0 Å². The maximum Gasteiger partial charge on any atom is 0.0916 e. The second-order valence-electron chi connectivity index (χ2n) is 2.68. The molecule has 1 aromatic heterocycles. The van der Waals surface area contributed by atoms with Crippen LogP contribution < -0.4 is 5.48 Å². The molecule has 0 saturated carbocycles. The minimum atomic E-state index is 0.549. The molecule has 0 aliphatic heterocycles. The number of aromatic amines is 1. The minimum Gasteiger partial charge on any atom is -0.382 e. The Bertz CT molecular complexity index is 237. The first-order chi connectivity index (χ1) is 6.34. The van der Waals surface area contributed by atoms with Crippen LogP contribution >= 0.6 is 0 Å². The summed E-state index contributed by atoms with van der Waals surface area (Å²) in [4.78, 5) is 5.09. The van der Waals surface area contributed by atoms with Crippen LogP contribution in [0.15, 0.2) is 6.20 Å². The van der Waals surface area contributed by atoms with Crippen molar-refractivity contribution in [3.05, 3.63) is 17.5 Å². The van der Waals surface area contributed by atoms with Crippen molar-refractivity contribution < 1.29 is 9.57 Å². The summed E-state index contributed by atoms with van der Waals surface area (Å²) in [5.41, 5.74) is 4.99. The van der Waals surface area contributed by atoms with Crippen molar-refractivity contribution in [2.45, 2.75) is 13.5 Å². The number of hydrogen-bond donors (Lipinski definition) is 2. The molecule has 0 radical (unpaired) electrons. The van der Waals surface area contributed by atoms with Crippen LogP contribution in [0.5, 0.6) is 0 Å². The largest absolute Gasteiger partial charge is 0.382 e. The summed E-state index contributed by atoms with van der Waals surface area (Å²) in [5.74, 6) is 0. The van der Waals surface area contributed by atoms with Gasteiger partial charge in [0.05, 0.1) is 19.4 Å². The molecule has 0 bridgehead atoms. The van der Waals surface area contributed by atoms with Crippen molar-refractivity contribution in [1.29, 1.82) is 0 Å². The van der Waals surface area contributed by atoms with E-state index in [1.54, 1.807) is 13.3 Å². The van der Waals surface area contributed by atoms with Crippen molar-refractivity contribution in [3.63, 3.8) is 0 Å². The Labute approximate surface area is 77.4 Å². The highest BCUT2D eigenvalue weighted by atomic mass is 16.7. The van der Waals surface area contributed by atoms with E-state index in [0.717, 1.165) is 11.3 Å². The Morgan fingerprint density at radius 3 is 3.00 bits per heavy atom. The third-order valence-corrected chi connectivity index (χ3v) is 1.69. The smallest absolute Gasteiger partial charge is 0.0916 e. The molecule has 0 spiro atoms. The first-order valence-electron chi connectivity index (χ1n) is 4.17. The van der Waals surface area contributed by atoms with Crippen LogP contribution in [0.1, 0.15) is 11.3 Å². The number of aryl methyl sites for hydroxylation is 1. The lowest BCUT2D eigenvalue weighted by Crippen LogP contribution is -2.17.